The summed E-state index contributed by atoms with van der Waals surface area (Å²) < 4.78 is 0. The fourth-order valence-corrected chi connectivity index (χ4v) is 3.06. The molecular formula is C21H29N. The molecule has 0 aromatic heterocycles. The van der Waals surface area contributed by atoms with Crippen molar-refractivity contribution in [3.8, 4) is 11.1 Å². The van der Waals surface area contributed by atoms with Crippen LogP contribution in [0.5, 0.6) is 0 Å². The summed E-state index contributed by atoms with van der Waals surface area (Å²) in [5.41, 5.74) is 11.3. The van der Waals surface area contributed by atoms with E-state index in [2.05, 4.69) is 55.5 Å². The summed E-state index contributed by atoms with van der Waals surface area (Å²) in [4.78, 5) is 0. The molecule has 2 aromatic carbocycles. The Bertz CT molecular complexity index is 559. The molecule has 0 fully saturated rings. The molecule has 2 N–H and O–H groups in total. The monoisotopic (exact) mass is 295 g/mol. The van der Waals surface area contributed by atoms with Crippen LogP contribution in [-0.2, 0) is 13.0 Å². The van der Waals surface area contributed by atoms with E-state index < -0.39 is 0 Å². The van der Waals surface area contributed by atoms with Gasteiger partial charge in [-0.05, 0) is 35.1 Å². The lowest BCUT2D eigenvalue weighted by molar-refractivity contribution is 0.608. The molecule has 2 rings (SSSR count). The third-order valence-electron chi connectivity index (χ3n) is 4.34. The molecule has 0 bridgehead atoms. The fraction of sp³-hybridized carbons (Fsp3) is 0.429. The lowest BCUT2D eigenvalue weighted by Gasteiger charge is -2.13. The fourth-order valence-electron chi connectivity index (χ4n) is 3.06. The molecule has 0 aliphatic rings. The highest BCUT2D eigenvalue weighted by molar-refractivity contribution is 5.70. The maximum Gasteiger partial charge on any atom is 0.0184 e. The average Bonchev–Trinajstić information content (AvgIpc) is 2.58. The molecule has 0 radical (unpaired) electrons. The van der Waals surface area contributed by atoms with Crippen molar-refractivity contribution in [3.63, 3.8) is 0 Å². The third kappa shape index (κ3) is 4.71. The molecule has 0 aliphatic carbocycles. The summed E-state index contributed by atoms with van der Waals surface area (Å²) in [6.45, 7) is 2.87. The van der Waals surface area contributed by atoms with Gasteiger partial charge in [-0.1, -0.05) is 87.6 Å². The van der Waals surface area contributed by atoms with Crippen LogP contribution in [0.1, 0.15) is 56.6 Å². The van der Waals surface area contributed by atoms with Crippen LogP contribution in [0.15, 0.2) is 48.5 Å². The standard InChI is InChI=1S/C21H29N/c1-2-3-4-5-6-7-12-18-13-8-10-15-20(18)21-16-11-9-14-19(21)17-22/h8-11,13-16H,2-7,12,17,22H2,1H3. The Balaban J connectivity index is 2.04. The molecule has 0 spiro atoms. The van der Waals surface area contributed by atoms with Gasteiger partial charge in [0.05, 0.1) is 0 Å². The summed E-state index contributed by atoms with van der Waals surface area (Å²) in [5, 5.41) is 0. The lowest BCUT2D eigenvalue weighted by Crippen LogP contribution is -2.00. The highest BCUT2D eigenvalue weighted by atomic mass is 14.5. The van der Waals surface area contributed by atoms with E-state index in [9.17, 15) is 0 Å². The predicted molar refractivity (Wildman–Crippen MR) is 96.8 cm³/mol. The van der Waals surface area contributed by atoms with Gasteiger partial charge in [0.25, 0.3) is 0 Å². The first-order valence-corrected chi connectivity index (χ1v) is 8.73. The van der Waals surface area contributed by atoms with Crippen LogP contribution < -0.4 is 5.73 Å². The number of unbranched alkanes of at least 4 members (excludes halogenated alkanes) is 5. The van der Waals surface area contributed by atoms with Gasteiger partial charge in [0.15, 0.2) is 0 Å². The molecule has 1 nitrogen and oxygen atoms in total. The quantitative estimate of drug-likeness (QED) is 0.589. The summed E-state index contributed by atoms with van der Waals surface area (Å²) >= 11 is 0. The number of hydrogen-bond donors (Lipinski definition) is 1. The van der Waals surface area contributed by atoms with Gasteiger partial charge in [-0.3, -0.25) is 0 Å². The maximum atomic E-state index is 5.91. The number of benzene rings is 2. The largest absolute Gasteiger partial charge is 0.326 e. The van der Waals surface area contributed by atoms with Gasteiger partial charge in [-0.25, -0.2) is 0 Å². The van der Waals surface area contributed by atoms with E-state index in [1.54, 1.807) is 0 Å². The second kappa shape index (κ2) is 9.42. The molecule has 0 amide bonds. The average molecular weight is 295 g/mol. The van der Waals surface area contributed by atoms with Crippen LogP contribution >= 0.6 is 0 Å². The minimum atomic E-state index is 0.599. The summed E-state index contributed by atoms with van der Waals surface area (Å²) in [6, 6.07) is 17.3. The first kappa shape index (κ1) is 16.8. The SMILES string of the molecule is CCCCCCCCc1ccccc1-c1ccccc1CN. The van der Waals surface area contributed by atoms with Gasteiger partial charge in [-0.2, -0.15) is 0 Å². The normalized spacial score (nSPS) is 10.8. The van der Waals surface area contributed by atoms with E-state index in [1.165, 1.54) is 67.2 Å². The van der Waals surface area contributed by atoms with Crippen LogP contribution in [0.2, 0.25) is 0 Å². The van der Waals surface area contributed by atoms with Crippen molar-refractivity contribution in [3.05, 3.63) is 59.7 Å². The number of hydrogen-bond acceptors (Lipinski definition) is 1. The predicted octanol–water partition coefficient (Wildman–Crippen LogP) is 5.72. The first-order chi connectivity index (χ1) is 10.9. The maximum absolute atomic E-state index is 5.91. The number of aryl methyl sites for hydroxylation is 1. The van der Waals surface area contributed by atoms with E-state index in [0.717, 1.165) is 0 Å². The summed E-state index contributed by atoms with van der Waals surface area (Å²) in [7, 11) is 0. The Kier molecular flexibility index (Phi) is 7.18. The van der Waals surface area contributed by atoms with Crippen molar-refractivity contribution in [2.75, 3.05) is 0 Å². The van der Waals surface area contributed by atoms with E-state index in [-0.39, 0.29) is 0 Å². The van der Waals surface area contributed by atoms with Crippen LogP contribution in [-0.4, -0.2) is 0 Å². The number of rotatable bonds is 9. The zero-order chi connectivity index (χ0) is 15.6. The molecule has 0 heterocycles. The van der Waals surface area contributed by atoms with Crippen molar-refractivity contribution < 1.29 is 0 Å². The Morgan fingerprint density at radius 2 is 1.23 bits per heavy atom. The number of nitrogens with two attached hydrogens (primary N) is 1. The van der Waals surface area contributed by atoms with Crippen molar-refractivity contribution in [1.29, 1.82) is 0 Å². The Labute approximate surface area is 135 Å². The molecule has 22 heavy (non-hydrogen) atoms. The van der Waals surface area contributed by atoms with Gasteiger partial charge in [0.2, 0.25) is 0 Å². The second-order valence-electron chi connectivity index (χ2n) is 6.04. The summed E-state index contributed by atoms with van der Waals surface area (Å²) in [6.07, 6.45) is 9.24. The Morgan fingerprint density at radius 3 is 1.91 bits per heavy atom. The van der Waals surface area contributed by atoms with Gasteiger partial charge >= 0.3 is 0 Å². The van der Waals surface area contributed by atoms with E-state index in [4.69, 9.17) is 5.73 Å². The zero-order valence-electron chi connectivity index (χ0n) is 13.9. The molecule has 0 saturated heterocycles. The Hall–Kier alpha value is -1.60. The van der Waals surface area contributed by atoms with Gasteiger partial charge in [0.1, 0.15) is 0 Å². The summed E-state index contributed by atoms with van der Waals surface area (Å²) in [5.74, 6) is 0. The topological polar surface area (TPSA) is 26.0 Å². The first-order valence-electron chi connectivity index (χ1n) is 8.73. The molecule has 0 saturated carbocycles. The molecule has 118 valence electrons. The highest BCUT2D eigenvalue weighted by Gasteiger charge is 2.07. The van der Waals surface area contributed by atoms with Gasteiger partial charge in [0, 0.05) is 6.54 Å². The molecular weight excluding hydrogens is 266 g/mol. The molecule has 0 unspecified atom stereocenters. The van der Waals surface area contributed by atoms with Crippen molar-refractivity contribution >= 4 is 0 Å². The molecule has 0 atom stereocenters. The molecule has 2 aromatic rings. The third-order valence-corrected chi connectivity index (χ3v) is 4.34. The van der Waals surface area contributed by atoms with Crippen LogP contribution in [0.3, 0.4) is 0 Å². The Morgan fingerprint density at radius 1 is 0.682 bits per heavy atom. The lowest BCUT2D eigenvalue weighted by atomic mass is 9.92. The highest BCUT2D eigenvalue weighted by Crippen LogP contribution is 2.28. The second-order valence-corrected chi connectivity index (χ2v) is 6.04. The minimum Gasteiger partial charge on any atom is -0.326 e. The molecule has 0 aliphatic heterocycles. The van der Waals surface area contributed by atoms with Crippen LogP contribution in [0.25, 0.3) is 11.1 Å². The minimum absolute atomic E-state index is 0.599. The molecule has 1 heteroatoms. The van der Waals surface area contributed by atoms with Gasteiger partial charge in [-0.15, -0.1) is 0 Å². The zero-order valence-corrected chi connectivity index (χ0v) is 13.9. The van der Waals surface area contributed by atoms with E-state index in [1.807, 2.05) is 0 Å². The van der Waals surface area contributed by atoms with Crippen molar-refractivity contribution in [2.45, 2.75) is 58.4 Å². The van der Waals surface area contributed by atoms with Gasteiger partial charge < -0.3 is 5.73 Å². The van der Waals surface area contributed by atoms with Crippen molar-refractivity contribution in [2.24, 2.45) is 5.73 Å². The van der Waals surface area contributed by atoms with Crippen LogP contribution in [0, 0.1) is 0 Å². The van der Waals surface area contributed by atoms with Crippen molar-refractivity contribution in [1.82, 2.24) is 0 Å². The van der Waals surface area contributed by atoms with E-state index >= 15 is 0 Å². The smallest absolute Gasteiger partial charge is 0.0184 e. The van der Waals surface area contributed by atoms with Crippen LogP contribution in [0.4, 0.5) is 0 Å². The van der Waals surface area contributed by atoms with E-state index in [0.29, 0.717) is 6.54 Å².